The van der Waals surface area contributed by atoms with E-state index in [1.54, 1.807) is 58.8 Å². The summed E-state index contributed by atoms with van der Waals surface area (Å²) < 4.78 is 17.2. The predicted molar refractivity (Wildman–Crippen MR) is 236 cm³/mol. The van der Waals surface area contributed by atoms with E-state index < -0.39 is 11.2 Å². The highest BCUT2D eigenvalue weighted by atomic mass is 32.3. The Labute approximate surface area is 340 Å². The van der Waals surface area contributed by atoms with Gasteiger partial charge in [0.25, 0.3) is 0 Å². The Morgan fingerprint density at radius 1 is 0.553 bits per heavy atom. The second kappa shape index (κ2) is 44.2. The summed E-state index contributed by atoms with van der Waals surface area (Å²) in [5.41, 5.74) is 0. The van der Waals surface area contributed by atoms with E-state index in [1.807, 2.05) is 82.3 Å². The molecular formula is C25H48O8S14. The van der Waals surface area contributed by atoms with Crippen LogP contribution in [0.25, 0.3) is 0 Å². The molecule has 0 aliphatic carbocycles. The molecule has 1 unspecified atom stereocenters. The van der Waals surface area contributed by atoms with E-state index in [2.05, 4.69) is 0 Å². The number of carbonyl (C=O) groups is 2. The van der Waals surface area contributed by atoms with Gasteiger partial charge in [-0.15, -0.1) is 129 Å². The molecule has 0 aliphatic heterocycles. The topological polar surface area (TPSA) is 125 Å². The van der Waals surface area contributed by atoms with Gasteiger partial charge in [-0.2, -0.15) is 0 Å². The molecule has 0 aromatic rings. The number of hydrogen-bond donors (Lipinski definition) is 2. The van der Waals surface area contributed by atoms with Crippen LogP contribution in [0.4, 0.5) is 0 Å². The van der Waals surface area contributed by atoms with Gasteiger partial charge in [-0.25, -0.2) is 9.78 Å². The number of aliphatic hydroxyl groups excluding tert-OH is 2. The molecule has 0 saturated heterocycles. The molecule has 0 spiro atoms. The van der Waals surface area contributed by atoms with Crippen LogP contribution in [-0.4, -0.2) is 144 Å². The van der Waals surface area contributed by atoms with Crippen LogP contribution < -0.4 is 0 Å². The van der Waals surface area contributed by atoms with Gasteiger partial charge < -0.3 is 19.5 Å². The first-order chi connectivity index (χ1) is 23.1. The third-order valence-corrected chi connectivity index (χ3v) is 22.5. The first kappa shape index (κ1) is 50.8. The van der Waals surface area contributed by atoms with Gasteiger partial charge >= 0.3 is 5.97 Å². The highest BCUT2D eigenvalue weighted by Gasteiger charge is 2.07. The molecule has 0 aromatic heterocycles. The van der Waals surface area contributed by atoms with Crippen molar-refractivity contribution in [1.82, 2.24) is 0 Å². The molecule has 8 nitrogen and oxygen atoms in total. The molecule has 0 amide bonds. The van der Waals surface area contributed by atoms with Gasteiger partial charge in [0, 0.05) is 82.0 Å². The highest BCUT2D eigenvalue weighted by molar-refractivity contribution is 8.31. The zero-order chi connectivity index (χ0) is 34.3. The molecule has 0 aromatic carbocycles. The standard InChI is InChI=1S/C25H48O8S14/c26-3-1-5-31-24(28)11-36-15-40-18-39-14-35-9-10-47(30)23-45-21-43-19-42-20-44-22-46-25(29)12-37-16-41-17-38-13-34-8-7-33-32-6-2-4-27/h26-27H,1-23H2. The molecule has 280 valence electrons. The predicted octanol–water partition coefficient (Wildman–Crippen LogP) is 7.58. The molecule has 0 rings (SSSR count). The zero-order valence-electron chi connectivity index (χ0n) is 26.3. The summed E-state index contributed by atoms with van der Waals surface area (Å²) in [6.45, 7) is 1.43. The SMILES string of the molecule is O=C(CSCSCSCSCC[S+]([O-])CSCSCSCSCSC(=O)CSCSCSCSCCOOCCCO)OCCCO. The van der Waals surface area contributed by atoms with Gasteiger partial charge in [0.1, 0.15) is 5.75 Å². The Kier molecular flexibility index (Phi) is 47.9. The van der Waals surface area contributed by atoms with Crippen LogP contribution in [0.3, 0.4) is 0 Å². The van der Waals surface area contributed by atoms with E-state index in [4.69, 9.17) is 24.7 Å². The lowest BCUT2D eigenvalue weighted by atomic mass is 10.5. The Balaban J connectivity index is 3.26. The third-order valence-electron chi connectivity index (χ3n) is 4.26. The number of aliphatic hydroxyl groups is 2. The van der Waals surface area contributed by atoms with Crippen LogP contribution in [0, 0.1) is 0 Å². The molecule has 2 N–H and O–H groups in total. The average molecular weight is 926 g/mol. The number of hydrogen-bond acceptors (Lipinski definition) is 21. The minimum atomic E-state index is -0.774. The van der Waals surface area contributed by atoms with Crippen molar-refractivity contribution in [3.8, 4) is 0 Å². The van der Waals surface area contributed by atoms with Crippen molar-refractivity contribution in [2.45, 2.75) is 12.8 Å². The summed E-state index contributed by atoms with van der Waals surface area (Å²) in [5, 5.41) is 27.8. The van der Waals surface area contributed by atoms with Crippen molar-refractivity contribution in [2.24, 2.45) is 0 Å². The monoisotopic (exact) mass is 924 g/mol. The molecule has 0 aliphatic rings. The quantitative estimate of drug-likeness (QED) is 0.0157. The maximum atomic E-state index is 12.2. The van der Waals surface area contributed by atoms with Crippen molar-refractivity contribution >= 4 is 175 Å². The van der Waals surface area contributed by atoms with Crippen molar-refractivity contribution in [2.75, 3.05) is 118 Å². The Hall–Kier alpha value is 3.84. The summed E-state index contributed by atoms with van der Waals surface area (Å²) in [4.78, 5) is 33.4. The lowest BCUT2D eigenvalue weighted by Crippen LogP contribution is -2.11. The minimum Gasteiger partial charge on any atom is -0.616 e. The maximum absolute atomic E-state index is 12.2. The van der Waals surface area contributed by atoms with E-state index in [0.29, 0.717) is 42.6 Å². The smallest absolute Gasteiger partial charge is 0.315 e. The molecule has 0 heterocycles. The van der Waals surface area contributed by atoms with Crippen LogP contribution in [-0.2, 0) is 35.3 Å². The van der Waals surface area contributed by atoms with E-state index in [1.165, 1.54) is 11.8 Å². The van der Waals surface area contributed by atoms with E-state index in [-0.39, 0.29) is 30.9 Å². The lowest BCUT2D eigenvalue weighted by Gasteiger charge is -2.10. The molecule has 0 bridgehead atoms. The van der Waals surface area contributed by atoms with Crippen LogP contribution in [0.2, 0.25) is 0 Å². The first-order valence-corrected chi connectivity index (χ1v) is 30.5. The summed E-state index contributed by atoms with van der Waals surface area (Å²) in [7, 11) is 0. The largest absolute Gasteiger partial charge is 0.616 e. The molecule has 0 radical (unpaired) electrons. The normalized spacial score (nSPS) is 12.1. The third kappa shape index (κ3) is 44.1. The second-order valence-corrected chi connectivity index (χ2v) is 26.8. The van der Waals surface area contributed by atoms with Gasteiger partial charge in [0.05, 0.1) is 31.3 Å². The van der Waals surface area contributed by atoms with Crippen LogP contribution in [0.1, 0.15) is 12.8 Å². The molecule has 22 heteroatoms. The minimum absolute atomic E-state index is 0.0396. The average Bonchev–Trinajstić information content (AvgIpc) is 3.06. The van der Waals surface area contributed by atoms with Crippen molar-refractivity contribution in [1.29, 1.82) is 0 Å². The zero-order valence-corrected chi connectivity index (χ0v) is 37.8. The molecule has 0 saturated carbocycles. The highest BCUT2D eigenvalue weighted by Crippen LogP contribution is 2.26. The van der Waals surface area contributed by atoms with Gasteiger partial charge in [-0.3, -0.25) is 9.59 Å². The molecular weight excluding hydrogens is 877 g/mol. The van der Waals surface area contributed by atoms with Gasteiger partial charge in [-0.1, -0.05) is 23.5 Å². The van der Waals surface area contributed by atoms with Gasteiger partial charge in [0.15, 0.2) is 10.2 Å². The van der Waals surface area contributed by atoms with Crippen molar-refractivity contribution in [3.05, 3.63) is 0 Å². The first-order valence-electron chi connectivity index (χ1n) is 14.1. The maximum Gasteiger partial charge on any atom is 0.315 e. The van der Waals surface area contributed by atoms with E-state index in [9.17, 15) is 14.1 Å². The fourth-order valence-corrected chi connectivity index (χ4v) is 19.7. The second-order valence-electron chi connectivity index (χ2n) is 8.12. The fourth-order valence-electron chi connectivity index (χ4n) is 2.25. The van der Waals surface area contributed by atoms with Crippen molar-refractivity contribution in [3.63, 3.8) is 0 Å². The number of thioether (sulfide) groups is 13. The van der Waals surface area contributed by atoms with Crippen LogP contribution in [0.5, 0.6) is 0 Å². The number of ether oxygens (including phenoxy) is 1. The van der Waals surface area contributed by atoms with Crippen LogP contribution >= 0.6 is 153 Å². The molecule has 47 heavy (non-hydrogen) atoms. The summed E-state index contributed by atoms with van der Waals surface area (Å²) in [6, 6.07) is 0. The number of esters is 1. The lowest BCUT2D eigenvalue weighted by molar-refractivity contribution is -0.291. The Morgan fingerprint density at radius 2 is 1.04 bits per heavy atom. The molecule has 1 atom stereocenters. The number of rotatable bonds is 39. The summed E-state index contributed by atoms with van der Waals surface area (Å²) >= 11 is 22.2. The van der Waals surface area contributed by atoms with E-state index in [0.717, 1.165) is 68.1 Å². The van der Waals surface area contributed by atoms with Gasteiger partial charge in [-0.05, 0) is 17.6 Å². The van der Waals surface area contributed by atoms with E-state index >= 15 is 0 Å². The van der Waals surface area contributed by atoms with Gasteiger partial charge in [0.2, 0.25) is 0 Å². The van der Waals surface area contributed by atoms with Crippen molar-refractivity contribution < 1.29 is 38.9 Å². The molecule has 0 fully saturated rings. The summed E-state index contributed by atoms with van der Waals surface area (Å²) in [5.74, 6) is 3.24. The fraction of sp³-hybridized carbons (Fsp3) is 0.920. The number of carbonyl (C=O) groups excluding carboxylic acids is 2. The Morgan fingerprint density at radius 3 is 1.68 bits per heavy atom. The summed E-state index contributed by atoms with van der Waals surface area (Å²) in [6.07, 6.45) is 1.08. The Bertz CT molecular complexity index is 681. The van der Waals surface area contributed by atoms with Crippen LogP contribution in [0.15, 0.2) is 0 Å².